The second-order valence-electron chi connectivity index (χ2n) is 8.55. The van der Waals surface area contributed by atoms with Gasteiger partial charge in [0.2, 0.25) is 0 Å². The molecule has 0 atom stereocenters. The number of nitrogens with zero attached hydrogens (tertiary/aromatic N) is 1. The van der Waals surface area contributed by atoms with Crippen LogP contribution in [0.5, 0.6) is 5.75 Å². The zero-order valence-corrected chi connectivity index (χ0v) is 23.8. The summed E-state index contributed by atoms with van der Waals surface area (Å²) in [5.74, 6) is -0.802. The van der Waals surface area contributed by atoms with Crippen molar-refractivity contribution in [3.05, 3.63) is 68.0 Å². The molecular weight excluding hydrogens is 547 g/mol. The molecule has 3 aromatic rings. The molecule has 0 saturated carbocycles. The Labute approximate surface area is 236 Å². The number of nitrogens with one attached hydrogen (secondary N) is 1. The van der Waals surface area contributed by atoms with Gasteiger partial charge in [0.15, 0.2) is 5.13 Å². The maximum atomic E-state index is 12.9. The summed E-state index contributed by atoms with van der Waals surface area (Å²) in [4.78, 5) is 28.6. The van der Waals surface area contributed by atoms with E-state index >= 15 is 0 Å². The minimum atomic E-state index is -1.09. The maximum absolute atomic E-state index is 12.9. The highest BCUT2D eigenvalue weighted by Gasteiger charge is 2.17. The number of rotatable bonds is 13. The summed E-state index contributed by atoms with van der Waals surface area (Å²) in [6, 6.07) is 8.77. The highest BCUT2D eigenvalue weighted by Crippen LogP contribution is 2.35. The lowest BCUT2D eigenvalue weighted by molar-refractivity contribution is -0.132. The molecule has 10 heteroatoms. The van der Waals surface area contributed by atoms with Gasteiger partial charge in [0.25, 0.3) is 5.91 Å². The number of amides is 1. The average Bonchev–Trinajstić information content (AvgIpc) is 3.35. The first kappa shape index (κ1) is 29.6. The number of unbranched alkanes of at least 4 members (excludes halogenated alkanes) is 2. The minimum absolute atomic E-state index is 0.0697. The quantitative estimate of drug-likeness (QED) is 0.160. The van der Waals surface area contributed by atoms with Crippen LogP contribution in [0.1, 0.15) is 54.6 Å². The molecule has 0 bridgehead atoms. The van der Waals surface area contributed by atoms with E-state index in [4.69, 9.17) is 37.8 Å². The summed E-state index contributed by atoms with van der Waals surface area (Å²) < 4.78 is 11.5. The molecule has 0 fully saturated rings. The Morgan fingerprint density at radius 1 is 1.16 bits per heavy atom. The van der Waals surface area contributed by atoms with Gasteiger partial charge in [-0.2, -0.15) is 0 Å². The first-order valence-corrected chi connectivity index (χ1v) is 13.8. The van der Waals surface area contributed by atoms with E-state index < -0.39 is 11.9 Å². The Kier molecular flexibility index (Phi) is 11.2. The predicted octanol–water partition coefficient (Wildman–Crippen LogP) is 7.62. The second kappa shape index (κ2) is 14.3. The molecule has 0 unspecified atom stereocenters. The van der Waals surface area contributed by atoms with Crippen molar-refractivity contribution in [2.24, 2.45) is 0 Å². The van der Waals surface area contributed by atoms with E-state index in [1.165, 1.54) is 36.5 Å². The third-order valence-corrected chi connectivity index (χ3v) is 7.13. The largest absolute Gasteiger partial charge is 0.496 e. The Bertz CT molecular complexity index is 1300. The van der Waals surface area contributed by atoms with Crippen LogP contribution in [0.15, 0.2) is 41.3 Å². The van der Waals surface area contributed by atoms with Crippen LogP contribution < -0.4 is 10.1 Å². The van der Waals surface area contributed by atoms with Crippen LogP contribution in [0.3, 0.4) is 0 Å². The zero-order chi connectivity index (χ0) is 27.7. The van der Waals surface area contributed by atoms with Gasteiger partial charge in [-0.15, -0.1) is 11.3 Å². The number of hydrogen-bond donors (Lipinski definition) is 2. The molecule has 2 N–H and O–H groups in total. The highest BCUT2D eigenvalue weighted by molar-refractivity contribution is 7.14. The van der Waals surface area contributed by atoms with Gasteiger partial charge in [0.05, 0.1) is 29.5 Å². The summed E-state index contributed by atoms with van der Waals surface area (Å²) >= 11 is 13.9. The number of benzene rings is 2. The van der Waals surface area contributed by atoms with E-state index in [0.29, 0.717) is 23.0 Å². The van der Waals surface area contributed by atoms with Crippen LogP contribution in [0.25, 0.3) is 17.3 Å². The first-order valence-electron chi connectivity index (χ1n) is 12.2. The molecule has 0 aliphatic rings. The SMILES string of the molecule is CCCCCOCCc1cccc(-c2csc(NC(=O)c3cc(Cl)c(C=C(C)C(=O)O)c(Cl)c3)n2)c1OC. The number of halogens is 2. The number of thiazole rings is 1. The van der Waals surface area contributed by atoms with E-state index in [-0.39, 0.29) is 21.2 Å². The minimum Gasteiger partial charge on any atom is -0.496 e. The average molecular weight is 578 g/mol. The number of methoxy groups -OCH3 is 1. The lowest BCUT2D eigenvalue weighted by Crippen LogP contribution is -2.12. The van der Waals surface area contributed by atoms with Crippen LogP contribution in [0.4, 0.5) is 5.13 Å². The van der Waals surface area contributed by atoms with Crippen molar-refractivity contribution in [3.8, 4) is 17.0 Å². The molecule has 202 valence electrons. The third-order valence-electron chi connectivity index (χ3n) is 5.75. The lowest BCUT2D eigenvalue weighted by Gasteiger charge is -2.13. The molecule has 38 heavy (non-hydrogen) atoms. The van der Waals surface area contributed by atoms with E-state index in [0.717, 1.165) is 49.2 Å². The first-order chi connectivity index (χ1) is 18.2. The van der Waals surface area contributed by atoms with Crippen LogP contribution in [0, 0.1) is 0 Å². The number of carbonyl (C=O) groups is 2. The molecule has 0 aliphatic carbocycles. The topological polar surface area (TPSA) is 97.8 Å². The number of anilines is 1. The van der Waals surface area contributed by atoms with Crippen molar-refractivity contribution in [2.45, 2.75) is 39.5 Å². The molecule has 7 nitrogen and oxygen atoms in total. The van der Waals surface area contributed by atoms with Crippen LogP contribution >= 0.6 is 34.5 Å². The fourth-order valence-corrected chi connectivity index (χ4v) is 5.02. The molecule has 1 amide bonds. The lowest BCUT2D eigenvalue weighted by atomic mass is 10.0. The van der Waals surface area contributed by atoms with Gasteiger partial charge in [-0.05, 0) is 49.6 Å². The van der Waals surface area contributed by atoms with Crippen molar-refractivity contribution in [1.82, 2.24) is 4.98 Å². The van der Waals surface area contributed by atoms with E-state index in [1.54, 1.807) is 7.11 Å². The van der Waals surface area contributed by atoms with E-state index in [2.05, 4.69) is 17.2 Å². The van der Waals surface area contributed by atoms with E-state index in [1.807, 2.05) is 23.6 Å². The van der Waals surface area contributed by atoms with Crippen molar-refractivity contribution in [3.63, 3.8) is 0 Å². The van der Waals surface area contributed by atoms with Gasteiger partial charge in [0.1, 0.15) is 5.75 Å². The van der Waals surface area contributed by atoms with Crippen molar-refractivity contribution >= 4 is 57.6 Å². The monoisotopic (exact) mass is 576 g/mol. The molecule has 1 aromatic heterocycles. The van der Waals surface area contributed by atoms with Crippen LogP contribution in [-0.4, -0.2) is 42.3 Å². The van der Waals surface area contributed by atoms with Gasteiger partial charge in [-0.3, -0.25) is 10.1 Å². The molecule has 0 aliphatic heterocycles. The number of ether oxygens (including phenoxy) is 2. The van der Waals surface area contributed by atoms with Gasteiger partial charge >= 0.3 is 5.97 Å². The number of para-hydroxylation sites is 1. The molecule has 3 rings (SSSR count). The fourth-order valence-electron chi connectivity index (χ4n) is 3.72. The smallest absolute Gasteiger partial charge is 0.331 e. The Balaban J connectivity index is 1.73. The standard InChI is InChI=1S/C28H30Cl2N2O5S/c1-4-5-6-11-37-12-10-18-8-7-9-20(25(18)36-3)24-16-38-28(31-24)32-26(33)19-14-22(29)21(23(30)15-19)13-17(2)27(34)35/h7-9,13-16H,4-6,10-12H2,1-3H3,(H,34,35)(H,31,32,33). The number of carboxylic acid groups (broad SMARTS) is 1. The Hall–Kier alpha value is -2.91. The molecule has 0 saturated heterocycles. The predicted molar refractivity (Wildman–Crippen MR) is 154 cm³/mol. The number of carbonyl (C=O) groups excluding carboxylic acids is 1. The highest BCUT2D eigenvalue weighted by atomic mass is 35.5. The number of aliphatic carboxylic acids is 1. The summed E-state index contributed by atoms with van der Waals surface area (Å²) in [5, 5.41) is 14.5. The summed E-state index contributed by atoms with van der Waals surface area (Å²) in [7, 11) is 1.63. The van der Waals surface area contributed by atoms with Crippen molar-refractivity contribution < 1.29 is 24.2 Å². The Morgan fingerprint density at radius 2 is 1.89 bits per heavy atom. The normalized spacial score (nSPS) is 11.4. The zero-order valence-electron chi connectivity index (χ0n) is 21.5. The van der Waals surface area contributed by atoms with Crippen molar-refractivity contribution in [1.29, 1.82) is 0 Å². The molecule has 1 heterocycles. The third kappa shape index (κ3) is 7.80. The van der Waals surface area contributed by atoms with Gasteiger partial charge in [-0.25, -0.2) is 9.78 Å². The molecular formula is C28H30Cl2N2O5S. The second-order valence-corrected chi connectivity index (χ2v) is 10.2. The fraction of sp³-hybridized carbons (Fsp3) is 0.321. The number of aromatic nitrogens is 1. The summed E-state index contributed by atoms with van der Waals surface area (Å²) in [6.45, 7) is 4.96. The number of carboxylic acids is 1. The molecule has 2 aromatic carbocycles. The summed E-state index contributed by atoms with van der Waals surface area (Å²) in [6.07, 6.45) is 5.47. The Morgan fingerprint density at radius 3 is 2.55 bits per heavy atom. The van der Waals surface area contributed by atoms with Crippen molar-refractivity contribution in [2.75, 3.05) is 25.6 Å². The van der Waals surface area contributed by atoms with Gasteiger partial charge in [0, 0.05) is 34.3 Å². The number of hydrogen-bond acceptors (Lipinski definition) is 6. The molecule has 0 spiro atoms. The molecule has 0 radical (unpaired) electrons. The van der Waals surface area contributed by atoms with Crippen LogP contribution in [0.2, 0.25) is 10.0 Å². The van der Waals surface area contributed by atoms with Gasteiger partial charge < -0.3 is 14.6 Å². The van der Waals surface area contributed by atoms with E-state index in [9.17, 15) is 9.59 Å². The maximum Gasteiger partial charge on any atom is 0.331 e. The van der Waals surface area contributed by atoms with Gasteiger partial charge in [-0.1, -0.05) is 55.1 Å². The van der Waals surface area contributed by atoms with Crippen LogP contribution in [-0.2, 0) is 16.0 Å². The summed E-state index contributed by atoms with van der Waals surface area (Å²) in [5.41, 5.74) is 3.15.